The third-order valence-corrected chi connectivity index (χ3v) is 4.44. The minimum absolute atomic E-state index is 0.0452. The van der Waals surface area contributed by atoms with Gasteiger partial charge in [-0.3, -0.25) is 20.2 Å². The number of non-ortho nitro benzene ring substituents is 2. The minimum atomic E-state index is -0.494. The van der Waals surface area contributed by atoms with Gasteiger partial charge in [0.1, 0.15) is 23.0 Å². The molecular weight excluding hydrogens is 428 g/mol. The van der Waals surface area contributed by atoms with Gasteiger partial charge in [-0.05, 0) is 48.5 Å². The van der Waals surface area contributed by atoms with E-state index in [1.165, 1.54) is 48.5 Å². The lowest BCUT2D eigenvalue weighted by molar-refractivity contribution is -0.385. The van der Waals surface area contributed by atoms with Gasteiger partial charge in [-0.1, -0.05) is 18.2 Å². The van der Waals surface area contributed by atoms with Crippen molar-refractivity contribution in [3.8, 4) is 34.5 Å². The van der Waals surface area contributed by atoms with Crippen molar-refractivity contribution in [3.05, 3.63) is 117 Å². The number of hydrogen-bond donors (Lipinski definition) is 0. The zero-order valence-corrected chi connectivity index (χ0v) is 17.0. The lowest BCUT2D eigenvalue weighted by Gasteiger charge is -2.14. The summed E-state index contributed by atoms with van der Waals surface area (Å²) in [5.41, 5.74) is -0.102. The lowest BCUT2D eigenvalue weighted by Crippen LogP contribution is -1.93. The van der Waals surface area contributed by atoms with Crippen molar-refractivity contribution in [2.75, 3.05) is 0 Å². The molecule has 0 aliphatic heterocycles. The van der Waals surface area contributed by atoms with Crippen LogP contribution in [0.1, 0.15) is 0 Å². The minimum Gasteiger partial charge on any atom is -0.457 e. The molecule has 4 aromatic carbocycles. The van der Waals surface area contributed by atoms with Crippen LogP contribution in [0.3, 0.4) is 0 Å². The van der Waals surface area contributed by atoms with Crippen LogP contribution < -0.4 is 14.2 Å². The smallest absolute Gasteiger partial charge is 0.269 e. The van der Waals surface area contributed by atoms with Gasteiger partial charge in [-0.2, -0.15) is 0 Å². The summed E-state index contributed by atoms with van der Waals surface area (Å²) < 4.78 is 17.7. The predicted octanol–water partition coefficient (Wildman–Crippen LogP) is 6.88. The molecule has 0 spiro atoms. The largest absolute Gasteiger partial charge is 0.457 e. The first-order chi connectivity index (χ1) is 16.0. The number of para-hydroxylation sites is 1. The van der Waals surface area contributed by atoms with Gasteiger partial charge in [0.15, 0.2) is 11.5 Å². The maximum Gasteiger partial charge on any atom is 0.269 e. The highest BCUT2D eigenvalue weighted by molar-refractivity contribution is 5.51. The molecule has 0 aliphatic rings. The fraction of sp³-hybridized carbons (Fsp3) is 0. The van der Waals surface area contributed by atoms with Crippen LogP contribution in [-0.4, -0.2) is 9.85 Å². The first-order valence-electron chi connectivity index (χ1n) is 9.69. The van der Waals surface area contributed by atoms with Gasteiger partial charge in [0.05, 0.1) is 9.85 Å². The molecule has 0 aromatic heterocycles. The van der Waals surface area contributed by atoms with E-state index in [1.807, 2.05) is 18.2 Å². The summed E-state index contributed by atoms with van der Waals surface area (Å²) in [6.45, 7) is 0. The van der Waals surface area contributed by atoms with Gasteiger partial charge in [0.2, 0.25) is 0 Å². The Morgan fingerprint density at radius 1 is 0.485 bits per heavy atom. The molecular formula is C24H16N2O7. The maximum absolute atomic E-state index is 10.9. The van der Waals surface area contributed by atoms with Gasteiger partial charge in [0.25, 0.3) is 11.4 Å². The number of rotatable bonds is 8. The molecule has 33 heavy (non-hydrogen) atoms. The Bertz CT molecular complexity index is 1270. The van der Waals surface area contributed by atoms with E-state index in [0.717, 1.165) is 0 Å². The molecule has 9 nitrogen and oxygen atoms in total. The molecule has 0 saturated heterocycles. The van der Waals surface area contributed by atoms with Gasteiger partial charge >= 0.3 is 0 Å². The lowest BCUT2D eigenvalue weighted by atomic mass is 10.2. The molecule has 4 rings (SSSR count). The van der Waals surface area contributed by atoms with Crippen molar-refractivity contribution < 1.29 is 24.1 Å². The number of benzene rings is 4. The highest BCUT2D eigenvalue weighted by Crippen LogP contribution is 2.39. The molecule has 0 fully saturated rings. The summed E-state index contributed by atoms with van der Waals surface area (Å²) in [5, 5.41) is 21.7. The van der Waals surface area contributed by atoms with Crippen LogP contribution >= 0.6 is 0 Å². The van der Waals surface area contributed by atoms with Gasteiger partial charge in [-0.25, -0.2) is 0 Å². The summed E-state index contributed by atoms with van der Waals surface area (Å²) in [6.07, 6.45) is 0. The average Bonchev–Trinajstić information content (AvgIpc) is 2.82. The number of nitrogens with zero attached hydrogens (tertiary/aromatic N) is 2. The van der Waals surface area contributed by atoms with Gasteiger partial charge in [-0.15, -0.1) is 0 Å². The van der Waals surface area contributed by atoms with Crippen molar-refractivity contribution in [2.24, 2.45) is 0 Å². The SMILES string of the molecule is O=[N+]([O-])c1ccc(Oc2ccc(Oc3ccccc3)c(Oc3ccc([N+](=O)[O-])cc3)c2)cc1. The third kappa shape index (κ3) is 5.42. The van der Waals surface area contributed by atoms with E-state index in [4.69, 9.17) is 14.2 Å². The monoisotopic (exact) mass is 444 g/mol. The Morgan fingerprint density at radius 3 is 1.48 bits per heavy atom. The zero-order valence-electron chi connectivity index (χ0n) is 17.0. The molecule has 9 heteroatoms. The summed E-state index contributed by atoms with van der Waals surface area (Å²) in [6, 6.07) is 25.3. The van der Waals surface area contributed by atoms with Crippen LogP contribution in [0.5, 0.6) is 34.5 Å². The quantitative estimate of drug-likeness (QED) is 0.215. The predicted molar refractivity (Wildman–Crippen MR) is 119 cm³/mol. The van der Waals surface area contributed by atoms with E-state index in [2.05, 4.69) is 0 Å². The van der Waals surface area contributed by atoms with E-state index in [-0.39, 0.29) is 11.4 Å². The Balaban J connectivity index is 1.62. The van der Waals surface area contributed by atoms with Crippen LogP contribution in [0.25, 0.3) is 0 Å². The van der Waals surface area contributed by atoms with Crippen molar-refractivity contribution in [2.45, 2.75) is 0 Å². The number of nitro benzene ring substituents is 2. The van der Waals surface area contributed by atoms with E-state index in [9.17, 15) is 20.2 Å². The van der Waals surface area contributed by atoms with Crippen molar-refractivity contribution in [3.63, 3.8) is 0 Å². The fourth-order valence-electron chi connectivity index (χ4n) is 2.87. The highest BCUT2D eigenvalue weighted by Gasteiger charge is 2.13. The second-order valence-electron chi connectivity index (χ2n) is 6.73. The molecule has 0 bridgehead atoms. The van der Waals surface area contributed by atoms with Crippen molar-refractivity contribution in [1.82, 2.24) is 0 Å². The molecule has 0 heterocycles. The Labute approximate surface area is 187 Å². The molecule has 4 aromatic rings. The Kier molecular flexibility index (Phi) is 6.12. The molecule has 0 atom stereocenters. The van der Waals surface area contributed by atoms with E-state index < -0.39 is 9.85 Å². The number of ether oxygens (including phenoxy) is 3. The van der Waals surface area contributed by atoms with Crippen molar-refractivity contribution >= 4 is 11.4 Å². The van der Waals surface area contributed by atoms with Crippen LogP contribution in [0.15, 0.2) is 97.1 Å². The second-order valence-corrected chi connectivity index (χ2v) is 6.73. The zero-order chi connectivity index (χ0) is 23.2. The fourth-order valence-corrected chi connectivity index (χ4v) is 2.87. The summed E-state index contributed by atoms with van der Waals surface area (Å²) in [4.78, 5) is 20.7. The van der Waals surface area contributed by atoms with Crippen LogP contribution in [0.2, 0.25) is 0 Å². The van der Waals surface area contributed by atoms with Gasteiger partial charge in [0, 0.05) is 30.3 Å². The average molecular weight is 444 g/mol. The summed E-state index contributed by atoms with van der Waals surface area (Å²) in [7, 11) is 0. The van der Waals surface area contributed by atoms with E-state index in [0.29, 0.717) is 34.5 Å². The molecule has 0 amide bonds. The first kappa shape index (κ1) is 21.3. The molecule has 0 unspecified atom stereocenters. The normalized spacial score (nSPS) is 10.3. The summed E-state index contributed by atoms with van der Waals surface area (Å²) in [5.74, 6) is 2.48. The van der Waals surface area contributed by atoms with E-state index >= 15 is 0 Å². The second kappa shape index (κ2) is 9.48. The number of hydrogen-bond acceptors (Lipinski definition) is 7. The standard InChI is InChI=1S/C24H16N2O7/c27-25(28)17-6-10-20(11-7-17)31-22-14-15-23(32-19-4-2-1-3-5-19)24(16-22)33-21-12-8-18(9-13-21)26(29)30/h1-16H. The molecule has 0 radical (unpaired) electrons. The molecule has 0 aliphatic carbocycles. The molecule has 0 saturated carbocycles. The molecule has 0 N–H and O–H groups in total. The topological polar surface area (TPSA) is 114 Å². The van der Waals surface area contributed by atoms with Crippen molar-refractivity contribution in [1.29, 1.82) is 0 Å². The third-order valence-electron chi connectivity index (χ3n) is 4.44. The Morgan fingerprint density at radius 2 is 0.939 bits per heavy atom. The molecule has 164 valence electrons. The van der Waals surface area contributed by atoms with Crippen LogP contribution in [0, 0.1) is 20.2 Å². The van der Waals surface area contributed by atoms with Crippen LogP contribution in [-0.2, 0) is 0 Å². The van der Waals surface area contributed by atoms with E-state index in [1.54, 1.807) is 30.3 Å². The maximum atomic E-state index is 10.9. The Hall–Kier alpha value is -4.92. The summed E-state index contributed by atoms with van der Waals surface area (Å²) >= 11 is 0. The first-order valence-corrected chi connectivity index (χ1v) is 9.69. The highest BCUT2D eigenvalue weighted by atomic mass is 16.6. The van der Waals surface area contributed by atoms with Crippen LogP contribution in [0.4, 0.5) is 11.4 Å². The van der Waals surface area contributed by atoms with Gasteiger partial charge < -0.3 is 14.2 Å². The number of nitro groups is 2.